The Balaban J connectivity index is 0.00000176. The number of hydrogen-bond donors (Lipinski definition) is 2. The zero-order chi connectivity index (χ0) is 14.8. The van der Waals surface area contributed by atoms with Gasteiger partial charge in [-0.15, -0.1) is 12.4 Å². The molecule has 1 aromatic carbocycles. The number of ether oxygens (including phenoxy) is 1. The molecule has 5 heteroatoms. The monoisotopic (exact) mass is 324 g/mol. The van der Waals surface area contributed by atoms with E-state index >= 15 is 0 Å². The highest BCUT2D eigenvalue weighted by Gasteiger charge is 2.39. The van der Waals surface area contributed by atoms with Crippen molar-refractivity contribution in [3.63, 3.8) is 0 Å². The van der Waals surface area contributed by atoms with Crippen LogP contribution in [0.4, 0.5) is 5.69 Å². The molecule has 2 saturated heterocycles. The van der Waals surface area contributed by atoms with Crippen LogP contribution < -0.4 is 15.4 Å². The zero-order valence-electron chi connectivity index (χ0n) is 13.2. The molecule has 1 aromatic rings. The van der Waals surface area contributed by atoms with E-state index in [1.807, 2.05) is 38.1 Å². The molecule has 3 atom stereocenters. The topological polar surface area (TPSA) is 50.4 Å². The Hall–Kier alpha value is -1.26. The fraction of sp³-hybridized carbons (Fsp3) is 0.588. The van der Waals surface area contributed by atoms with Crippen molar-refractivity contribution in [1.29, 1.82) is 0 Å². The molecule has 2 N–H and O–H groups in total. The fourth-order valence-electron chi connectivity index (χ4n) is 3.42. The number of nitrogens with one attached hydrogen (secondary N) is 2. The van der Waals surface area contributed by atoms with Crippen LogP contribution in [0.15, 0.2) is 24.3 Å². The Morgan fingerprint density at radius 2 is 2.00 bits per heavy atom. The number of benzene rings is 1. The summed E-state index contributed by atoms with van der Waals surface area (Å²) in [7, 11) is 0. The summed E-state index contributed by atoms with van der Waals surface area (Å²) < 4.78 is 5.61. The van der Waals surface area contributed by atoms with E-state index in [0.717, 1.165) is 30.8 Å². The van der Waals surface area contributed by atoms with Gasteiger partial charge in [-0.3, -0.25) is 4.79 Å². The molecule has 1 saturated carbocycles. The lowest BCUT2D eigenvalue weighted by Gasteiger charge is -2.42. The first kappa shape index (κ1) is 17.1. The summed E-state index contributed by atoms with van der Waals surface area (Å²) in [6.45, 7) is 5.08. The Labute approximate surface area is 138 Å². The van der Waals surface area contributed by atoms with Crippen LogP contribution in [-0.4, -0.2) is 24.6 Å². The summed E-state index contributed by atoms with van der Waals surface area (Å²) in [6, 6.07) is 7.98. The molecule has 0 spiro atoms. The summed E-state index contributed by atoms with van der Waals surface area (Å²) in [5, 5.41) is 6.53. The minimum atomic E-state index is 0. The van der Waals surface area contributed by atoms with Crippen LogP contribution in [0.25, 0.3) is 0 Å². The van der Waals surface area contributed by atoms with Gasteiger partial charge in [-0.05, 0) is 69.8 Å². The van der Waals surface area contributed by atoms with E-state index in [1.54, 1.807) is 0 Å². The molecule has 2 aliphatic heterocycles. The quantitative estimate of drug-likeness (QED) is 0.894. The maximum Gasteiger partial charge on any atom is 0.229 e. The molecule has 0 aromatic heterocycles. The second-order valence-corrected chi connectivity index (χ2v) is 6.48. The highest BCUT2D eigenvalue weighted by atomic mass is 35.5. The van der Waals surface area contributed by atoms with Crippen LogP contribution in [0.2, 0.25) is 0 Å². The molecule has 2 bridgehead atoms. The molecule has 3 aliphatic rings. The molecule has 1 aliphatic carbocycles. The number of halogens is 1. The maximum absolute atomic E-state index is 12.4. The normalized spacial score (nSPS) is 26.4. The first-order chi connectivity index (χ1) is 10.1. The lowest BCUT2D eigenvalue weighted by Crippen LogP contribution is -2.53. The Kier molecular flexibility index (Phi) is 5.70. The van der Waals surface area contributed by atoms with Gasteiger partial charge in [0, 0.05) is 11.7 Å². The van der Waals surface area contributed by atoms with Gasteiger partial charge in [0.2, 0.25) is 5.91 Å². The molecule has 22 heavy (non-hydrogen) atoms. The van der Waals surface area contributed by atoms with Crippen molar-refractivity contribution < 1.29 is 9.53 Å². The van der Waals surface area contributed by atoms with Crippen LogP contribution in [-0.2, 0) is 4.79 Å². The van der Waals surface area contributed by atoms with Crippen LogP contribution in [0.3, 0.4) is 0 Å². The number of fused-ring (bicyclic) bond motifs is 3. The minimum Gasteiger partial charge on any atom is -0.491 e. The third-order valence-corrected chi connectivity index (χ3v) is 4.46. The maximum atomic E-state index is 12.4. The Morgan fingerprint density at radius 3 is 2.50 bits per heavy atom. The molecule has 1 amide bonds. The highest BCUT2D eigenvalue weighted by molar-refractivity contribution is 5.93. The Morgan fingerprint density at radius 1 is 1.27 bits per heavy atom. The number of hydrogen-bond acceptors (Lipinski definition) is 3. The van der Waals surface area contributed by atoms with E-state index in [1.165, 1.54) is 6.42 Å². The largest absolute Gasteiger partial charge is 0.491 e. The highest BCUT2D eigenvalue weighted by Crippen LogP contribution is 2.34. The van der Waals surface area contributed by atoms with Gasteiger partial charge in [-0.2, -0.15) is 0 Å². The number of rotatable bonds is 4. The standard InChI is InChI=1S/C17H24N2O2.ClH/c1-11(2)21-14-6-4-13(5-7-14)19-17(20)15-9-12-3-8-16(15)18-10-12;/h4-7,11-12,15-16,18H,3,8-10H2,1-2H3,(H,19,20);1H/t12-,15-,16+;/m0./s1. The first-order valence-electron chi connectivity index (χ1n) is 7.93. The van der Waals surface area contributed by atoms with Gasteiger partial charge in [-0.1, -0.05) is 0 Å². The van der Waals surface area contributed by atoms with Crippen molar-refractivity contribution in [1.82, 2.24) is 5.32 Å². The Bertz CT molecular complexity index is 496. The van der Waals surface area contributed by atoms with E-state index in [9.17, 15) is 4.79 Å². The summed E-state index contributed by atoms with van der Waals surface area (Å²) >= 11 is 0. The number of piperidine rings is 2. The third kappa shape index (κ3) is 3.93. The van der Waals surface area contributed by atoms with Crippen molar-refractivity contribution in [2.24, 2.45) is 11.8 Å². The lowest BCUT2D eigenvalue weighted by atomic mass is 9.73. The fourth-order valence-corrected chi connectivity index (χ4v) is 3.42. The third-order valence-electron chi connectivity index (χ3n) is 4.46. The summed E-state index contributed by atoms with van der Waals surface area (Å²) in [5.74, 6) is 1.77. The molecular weight excluding hydrogens is 300 g/mol. The van der Waals surface area contributed by atoms with E-state index in [-0.39, 0.29) is 30.3 Å². The molecule has 3 fully saturated rings. The number of amides is 1. The van der Waals surface area contributed by atoms with E-state index in [4.69, 9.17) is 4.74 Å². The van der Waals surface area contributed by atoms with Crippen LogP contribution in [0, 0.1) is 11.8 Å². The van der Waals surface area contributed by atoms with Gasteiger partial charge in [0.1, 0.15) is 5.75 Å². The smallest absolute Gasteiger partial charge is 0.229 e. The van der Waals surface area contributed by atoms with Crippen molar-refractivity contribution in [2.45, 2.75) is 45.3 Å². The van der Waals surface area contributed by atoms with E-state index in [2.05, 4.69) is 10.6 Å². The summed E-state index contributed by atoms with van der Waals surface area (Å²) in [5.41, 5.74) is 0.845. The summed E-state index contributed by atoms with van der Waals surface area (Å²) in [4.78, 5) is 12.4. The second kappa shape index (κ2) is 7.34. The van der Waals surface area contributed by atoms with Crippen molar-refractivity contribution in [3.8, 4) is 5.75 Å². The average Bonchev–Trinajstić information content (AvgIpc) is 2.50. The molecule has 0 radical (unpaired) electrons. The SMILES string of the molecule is CC(C)Oc1ccc(NC(=O)[C@H]2C[C@@H]3CC[C@H]2NC3)cc1.Cl. The van der Waals surface area contributed by atoms with Crippen LogP contribution in [0.5, 0.6) is 5.75 Å². The van der Waals surface area contributed by atoms with Gasteiger partial charge in [0.25, 0.3) is 0 Å². The number of anilines is 1. The number of carbonyl (C=O) groups is 1. The van der Waals surface area contributed by atoms with Crippen LogP contribution >= 0.6 is 12.4 Å². The van der Waals surface area contributed by atoms with Gasteiger partial charge in [0.15, 0.2) is 0 Å². The average molecular weight is 325 g/mol. The predicted molar refractivity (Wildman–Crippen MR) is 90.7 cm³/mol. The lowest BCUT2D eigenvalue weighted by molar-refractivity contribution is -0.123. The molecular formula is C17H25ClN2O2. The van der Waals surface area contributed by atoms with Crippen molar-refractivity contribution in [3.05, 3.63) is 24.3 Å². The van der Waals surface area contributed by atoms with Crippen molar-refractivity contribution in [2.75, 3.05) is 11.9 Å². The molecule has 2 heterocycles. The van der Waals surface area contributed by atoms with E-state index in [0.29, 0.717) is 12.0 Å². The number of carbonyl (C=O) groups excluding carboxylic acids is 1. The molecule has 4 nitrogen and oxygen atoms in total. The molecule has 0 unspecified atom stereocenters. The van der Waals surface area contributed by atoms with Gasteiger partial charge in [-0.25, -0.2) is 0 Å². The van der Waals surface area contributed by atoms with Gasteiger partial charge < -0.3 is 15.4 Å². The molecule has 4 rings (SSSR count). The van der Waals surface area contributed by atoms with Crippen LogP contribution in [0.1, 0.15) is 33.1 Å². The summed E-state index contributed by atoms with van der Waals surface area (Å²) in [6.07, 6.45) is 3.58. The van der Waals surface area contributed by atoms with Crippen molar-refractivity contribution >= 4 is 24.0 Å². The zero-order valence-corrected chi connectivity index (χ0v) is 14.0. The minimum absolute atomic E-state index is 0. The van der Waals surface area contributed by atoms with Gasteiger partial charge >= 0.3 is 0 Å². The first-order valence-corrected chi connectivity index (χ1v) is 7.93. The predicted octanol–water partition coefficient (Wildman–Crippen LogP) is 3.22. The molecule has 122 valence electrons. The van der Waals surface area contributed by atoms with Gasteiger partial charge in [0.05, 0.1) is 12.0 Å². The second-order valence-electron chi connectivity index (χ2n) is 6.48. The van der Waals surface area contributed by atoms with E-state index < -0.39 is 0 Å².